The Morgan fingerprint density at radius 3 is 2.35 bits per heavy atom. The van der Waals surface area contributed by atoms with Crippen molar-refractivity contribution in [3.63, 3.8) is 0 Å². The van der Waals surface area contributed by atoms with Gasteiger partial charge in [0.25, 0.3) is 0 Å². The lowest BCUT2D eigenvalue weighted by Gasteiger charge is -2.14. The second-order valence-corrected chi connectivity index (χ2v) is 5.76. The van der Waals surface area contributed by atoms with E-state index in [2.05, 4.69) is 16.0 Å². The van der Waals surface area contributed by atoms with E-state index in [0.717, 1.165) is 0 Å². The molecule has 0 unspecified atom stereocenters. The Morgan fingerprint density at radius 1 is 1.00 bits per heavy atom. The van der Waals surface area contributed by atoms with E-state index in [4.69, 9.17) is 21.1 Å². The number of carbonyl (C=O) groups is 2. The first-order valence-corrected chi connectivity index (χ1v) is 8.13. The van der Waals surface area contributed by atoms with Crippen LogP contribution in [0.3, 0.4) is 0 Å². The summed E-state index contributed by atoms with van der Waals surface area (Å²) in [6, 6.07) is 10.2. The summed E-state index contributed by atoms with van der Waals surface area (Å²) in [5.41, 5.74) is 1.80. The smallest absolute Gasteiger partial charge is 0.243 e. The van der Waals surface area contributed by atoms with Crippen LogP contribution in [0.2, 0.25) is 5.02 Å². The number of hydrogen-bond donors (Lipinski definition) is 3. The van der Waals surface area contributed by atoms with Gasteiger partial charge in [0.15, 0.2) is 0 Å². The third-order valence-corrected chi connectivity index (χ3v) is 3.68. The summed E-state index contributed by atoms with van der Waals surface area (Å²) in [5.74, 6) is 0.414. The Bertz CT molecular complexity index is 811. The second-order valence-electron chi connectivity index (χ2n) is 5.35. The van der Waals surface area contributed by atoms with Gasteiger partial charge in [-0.1, -0.05) is 17.7 Å². The standard InChI is InChI=1S/C18H20ClN3O4/c1-11(23)21-13-6-4-5-12(7-13)20-10-18(24)22-15-9-16(25-2)14(19)8-17(15)26-3/h4-9,20H,10H2,1-3H3,(H,21,23)(H,22,24). The van der Waals surface area contributed by atoms with Gasteiger partial charge in [0.1, 0.15) is 11.5 Å². The molecule has 0 atom stereocenters. The van der Waals surface area contributed by atoms with E-state index in [1.165, 1.54) is 21.1 Å². The first kappa shape index (κ1) is 19.4. The summed E-state index contributed by atoms with van der Waals surface area (Å²) in [4.78, 5) is 23.3. The van der Waals surface area contributed by atoms with Crippen LogP contribution in [0, 0.1) is 0 Å². The minimum absolute atomic E-state index is 0.0254. The minimum atomic E-state index is -0.280. The van der Waals surface area contributed by atoms with Gasteiger partial charge in [-0.3, -0.25) is 9.59 Å². The van der Waals surface area contributed by atoms with Crippen molar-refractivity contribution in [2.45, 2.75) is 6.92 Å². The predicted molar refractivity (Wildman–Crippen MR) is 102 cm³/mol. The highest BCUT2D eigenvalue weighted by atomic mass is 35.5. The van der Waals surface area contributed by atoms with Gasteiger partial charge in [-0.15, -0.1) is 0 Å². The quantitative estimate of drug-likeness (QED) is 0.688. The normalized spacial score (nSPS) is 10.0. The number of methoxy groups -OCH3 is 2. The number of ether oxygens (including phenoxy) is 2. The molecule has 8 heteroatoms. The van der Waals surface area contributed by atoms with E-state index < -0.39 is 0 Å². The molecule has 26 heavy (non-hydrogen) atoms. The van der Waals surface area contributed by atoms with Gasteiger partial charge < -0.3 is 25.4 Å². The fourth-order valence-corrected chi connectivity index (χ4v) is 2.48. The number of halogens is 1. The molecule has 3 N–H and O–H groups in total. The van der Waals surface area contributed by atoms with Gasteiger partial charge in [0.05, 0.1) is 31.5 Å². The molecule has 0 fully saturated rings. The van der Waals surface area contributed by atoms with Crippen LogP contribution in [0.5, 0.6) is 11.5 Å². The number of carbonyl (C=O) groups excluding carboxylic acids is 2. The lowest BCUT2D eigenvalue weighted by atomic mass is 10.2. The summed E-state index contributed by atoms with van der Waals surface area (Å²) in [6.07, 6.45) is 0. The SMILES string of the molecule is COc1cc(NC(=O)CNc2cccc(NC(C)=O)c2)c(OC)cc1Cl. The molecule has 0 aliphatic carbocycles. The third kappa shape index (κ3) is 5.29. The third-order valence-electron chi connectivity index (χ3n) is 3.38. The van der Waals surface area contributed by atoms with Crippen LogP contribution in [-0.4, -0.2) is 32.6 Å². The highest BCUT2D eigenvalue weighted by molar-refractivity contribution is 6.32. The molecule has 2 aromatic rings. The molecule has 0 saturated carbocycles. The highest BCUT2D eigenvalue weighted by Gasteiger charge is 2.12. The van der Waals surface area contributed by atoms with Gasteiger partial charge in [-0.25, -0.2) is 0 Å². The number of benzene rings is 2. The van der Waals surface area contributed by atoms with Crippen molar-refractivity contribution in [3.8, 4) is 11.5 Å². The van der Waals surface area contributed by atoms with Gasteiger partial charge in [-0.05, 0) is 18.2 Å². The summed E-state index contributed by atoms with van der Waals surface area (Å²) in [7, 11) is 2.97. The fourth-order valence-electron chi connectivity index (χ4n) is 2.25. The lowest BCUT2D eigenvalue weighted by Crippen LogP contribution is -2.22. The van der Waals surface area contributed by atoms with Crippen molar-refractivity contribution in [1.82, 2.24) is 0 Å². The summed E-state index contributed by atoms with van der Waals surface area (Å²) in [6.45, 7) is 1.46. The topological polar surface area (TPSA) is 88.7 Å². The Kier molecular flexibility index (Phi) is 6.68. The molecule has 2 aromatic carbocycles. The van der Waals surface area contributed by atoms with Crippen molar-refractivity contribution in [2.75, 3.05) is 36.7 Å². The molecule has 7 nitrogen and oxygen atoms in total. The minimum Gasteiger partial charge on any atom is -0.495 e. The number of amides is 2. The maximum absolute atomic E-state index is 12.2. The number of anilines is 3. The van der Waals surface area contributed by atoms with Crippen molar-refractivity contribution in [1.29, 1.82) is 0 Å². The molecule has 2 rings (SSSR count). The highest BCUT2D eigenvalue weighted by Crippen LogP contribution is 2.35. The van der Waals surface area contributed by atoms with Crippen LogP contribution in [0.25, 0.3) is 0 Å². The molecular formula is C18H20ClN3O4. The van der Waals surface area contributed by atoms with Crippen LogP contribution in [0.4, 0.5) is 17.1 Å². The Morgan fingerprint density at radius 2 is 1.69 bits per heavy atom. The average molecular weight is 378 g/mol. The number of rotatable bonds is 7. The predicted octanol–water partition coefficient (Wildman–Crippen LogP) is 3.37. The zero-order valence-electron chi connectivity index (χ0n) is 14.7. The molecule has 0 radical (unpaired) electrons. The number of hydrogen-bond acceptors (Lipinski definition) is 5. The zero-order valence-corrected chi connectivity index (χ0v) is 15.4. The molecule has 0 heterocycles. The van der Waals surface area contributed by atoms with Gasteiger partial charge in [-0.2, -0.15) is 0 Å². The molecular weight excluding hydrogens is 358 g/mol. The van der Waals surface area contributed by atoms with Crippen LogP contribution in [-0.2, 0) is 9.59 Å². The molecule has 138 valence electrons. The van der Waals surface area contributed by atoms with Gasteiger partial charge in [0, 0.05) is 30.4 Å². The second kappa shape index (κ2) is 8.96. The fraction of sp³-hybridized carbons (Fsp3) is 0.222. The van der Waals surface area contributed by atoms with E-state index in [-0.39, 0.29) is 18.4 Å². The van der Waals surface area contributed by atoms with Crippen LogP contribution >= 0.6 is 11.6 Å². The molecule has 2 amide bonds. The Hall–Kier alpha value is -2.93. The maximum atomic E-state index is 12.2. The maximum Gasteiger partial charge on any atom is 0.243 e. The van der Waals surface area contributed by atoms with E-state index >= 15 is 0 Å². The van der Waals surface area contributed by atoms with Crippen LogP contribution in [0.1, 0.15) is 6.92 Å². The van der Waals surface area contributed by atoms with Crippen LogP contribution in [0.15, 0.2) is 36.4 Å². The summed E-state index contributed by atoms with van der Waals surface area (Å²) >= 11 is 6.05. The molecule has 0 spiro atoms. The molecule has 0 aliphatic heterocycles. The Balaban J connectivity index is 2.02. The van der Waals surface area contributed by atoms with E-state index in [9.17, 15) is 9.59 Å². The average Bonchev–Trinajstić information content (AvgIpc) is 2.60. The van der Waals surface area contributed by atoms with Crippen molar-refractivity contribution in [3.05, 3.63) is 41.4 Å². The van der Waals surface area contributed by atoms with Gasteiger partial charge >= 0.3 is 0 Å². The largest absolute Gasteiger partial charge is 0.495 e. The van der Waals surface area contributed by atoms with Crippen LogP contribution < -0.4 is 25.4 Å². The zero-order chi connectivity index (χ0) is 19.1. The first-order valence-electron chi connectivity index (χ1n) is 7.76. The molecule has 0 saturated heterocycles. The summed E-state index contributed by atoms with van der Waals surface area (Å²) < 4.78 is 10.4. The first-order chi connectivity index (χ1) is 12.4. The Labute approximate surface area is 156 Å². The lowest BCUT2D eigenvalue weighted by molar-refractivity contribution is -0.115. The monoisotopic (exact) mass is 377 g/mol. The van der Waals surface area contributed by atoms with Crippen molar-refractivity contribution < 1.29 is 19.1 Å². The molecule has 0 bridgehead atoms. The van der Waals surface area contributed by atoms with Gasteiger partial charge in [0.2, 0.25) is 11.8 Å². The van der Waals surface area contributed by atoms with Crippen molar-refractivity contribution >= 4 is 40.5 Å². The summed E-state index contributed by atoms with van der Waals surface area (Å²) in [5, 5.41) is 8.81. The van der Waals surface area contributed by atoms with E-state index in [0.29, 0.717) is 33.6 Å². The molecule has 0 aliphatic rings. The molecule has 0 aromatic heterocycles. The van der Waals surface area contributed by atoms with E-state index in [1.54, 1.807) is 36.4 Å². The number of nitrogens with one attached hydrogen (secondary N) is 3. The van der Waals surface area contributed by atoms with Crippen molar-refractivity contribution in [2.24, 2.45) is 0 Å². The van der Waals surface area contributed by atoms with E-state index in [1.807, 2.05) is 0 Å².